The van der Waals surface area contributed by atoms with Gasteiger partial charge in [0, 0.05) is 4.47 Å². The molecule has 21 heavy (non-hydrogen) atoms. The van der Waals surface area contributed by atoms with Crippen LogP contribution in [-0.4, -0.2) is 10.1 Å². The minimum absolute atomic E-state index is 0.416. The van der Waals surface area contributed by atoms with E-state index in [2.05, 4.69) is 33.0 Å². The summed E-state index contributed by atoms with van der Waals surface area (Å²) in [6.45, 7) is 2.25. The number of nitrogens with zero attached hydrogens (tertiary/aromatic N) is 2. The molecular formula is C15H17BrClN3O. The lowest BCUT2D eigenvalue weighted by atomic mass is 9.77. The summed E-state index contributed by atoms with van der Waals surface area (Å²) in [6.07, 6.45) is 3.97. The van der Waals surface area contributed by atoms with Gasteiger partial charge in [-0.3, -0.25) is 0 Å². The number of nitrogens with two attached hydrogens (primary N) is 1. The zero-order valence-electron chi connectivity index (χ0n) is 11.8. The molecule has 1 aromatic heterocycles. The lowest BCUT2D eigenvalue weighted by Gasteiger charge is -2.33. The number of benzene rings is 1. The topological polar surface area (TPSA) is 64.9 Å². The van der Waals surface area contributed by atoms with Crippen LogP contribution in [0.4, 0.5) is 0 Å². The molecule has 0 bridgehead atoms. The maximum absolute atomic E-state index is 6.47. The SMILES string of the molecule is CC1CCC(N)(c2noc(-c3cc(Br)ccc3Cl)n2)CC1. The number of hydrogen-bond acceptors (Lipinski definition) is 4. The van der Waals surface area contributed by atoms with Crippen LogP contribution in [0.2, 0.25) is 5.02 Å². The fourth-order valence-electron chi connectivity index (χ4n) is 2.70. The maximum atomic E-state index is 6.47. The van der Waals surface area contributed by atoms with E-state index in [-0.39, 0.29) is 0 Å². The zero-order valence-corrected chi connectivity index (χ0v) is 14.1. The van der Waals surface area contributed by atoms with Gasteiger partial charge < -0.3 is 10.3 Å². The van der Waals surface area contributed by atoms with Crippen LogP contribution in [0.1, 0.15) is 38.4 Å². The van der Waals surface area contributed by atoms with Gasteiger partial charge in [-0.1, -0.05) is 39.6 Å². The second-order valence-electron chi connectivity index (χ2n) is 5.89. The van der Waals surface area contributed by atoms with Crippen molar-refractivity contribution in [2.75, 3.05) is 0 Å². The molecule has 1 heterocycles. The minimum Gasteiger partial charge on any atom is -0.334 e. The number of aromatic nitrogens is 2. The molecule has 1 saturated carbocycles. The van der Waals surface area contributed by atoms with Crippen molar-refractivity contribution in [2.24, 2.45) is 11.7 Å². The average Bonchev–Trinajstić information content (AvgIpc) is 2.95. The molecule has 112 valence electrons. The standard InChI is InChI=1S/C15H17BrClN3O/c1-9-4-6-15(18,7-5-9)14-19-13(21-20-14)11-8-10(16)2-3-12(11)17/h2-3,8-9H,4-7,18H2,1H3. The molecule has 0 saturated heterocycles. The summed E-state index contributed by atoms with van der Waals surface area (Å²) in [5.74, 6) is 1.72. The molecule has 0 amide bonds. The van der Waals surface area contributed by atoms with Gasteiger partial charge in [0.15, 0.2) is 5.82 Å². The van der Waals surface area contributed by atoms with Crippen molar-refractivity contribution < 1.29 is 4.52 Å². The van der Waals surface area contributed by atoms with E-state index in [1.807, 2.05) is 12.1 Å². The second-order valence-corrected chi connectivity index (χ2v) is 7.21. The molecule has 0 spiro atoms. The molecule has 0 unspecified atom stereocenters. The fraction of sp³-hybridized carbons (Fsp3) is 0.467. The number of rotatable bonds is 2. The highest BCUT2D eigenvalue weighted by Gasteiger charge is 2.36. The van der Waals surface area contributed by atoms with E-state index in [1.165, 1.54) is 0 Å². The summed E-state index contributed by atoms with van der Waals surface area (Å²) in [6, 6.07) is 5.53. The Kier molecular flexibility index (Phi) is 4.08. The highest BCUT2D eigenvalue weighted by atomic mass is 79.9. The van der Waals surface area contributed by atoms with E-state index in [1.54, 1.807) is 6.07 Å². The molecule has 6 heteroatoms. The molecule has 0 atom stereocenters. The predicted molar refractivity (Wildman–Crippen MR) is 85.9 cm³/mol. The third-order valence-corrected chi connectivity index (χ3v) is 5.02. The van der Waals surface area contributed by atoms with Gasteiger partial charge in [-0.25, -0.2) is 0 Å². The second kappa shape index (κ2) is 5.71. The van der Waals surface area contributed by atoms with Crippen molar-refractivity contribution in [3.05, 3.63) is 33.5 Å². The Labute approximate surface area is 137 Å². The van der Waals surface area contributed by atoms with Gasteiger partial charge in [0.05, 0.1) is 16.1 Å². The average molecular weight is 371 g/mol. The van der Waals surface area contributed by atoms with Crippen LogP contribution in [-0.2, 0) is 5.54 Å². The Morgan fingerprint density at radius 1 is 1.38 bits per heavy atom. The first-order valence-corrected chi connectivity index (χ1v) is 8.23. The van der Waals surface area contributed by atoms with Gasteiger partial charge in [-0.15, -0.1) is 0 Å². The van der Waals surface area contributed by atoms with Crippen molar-refractivity contribution in [2.45, 2.75) is 38.1 Å². The molecule has 4 nitrogen and oxygen atoms in total. The van der Waals surface area contributed by atoms with Gasteiger partial charge in [0.1, 0.15) is 0 Å². The van der Waals surface area contributed by atoms with Gasteiger partial charge in [-0.2, -0.15) is 4.98 Å². The zero-order chi connectivity index (χ0) is 15.0. The van der Waals surface area contributed by atoms with Crippen molar-refractivity contribution in [3.63, 3.8) is 0 Å². The highest BCUT2D eigenvalue weighted by molar-refractivity contribution is 9.10. The molecule has 3 rings (SSSR count). The molecule has 0 radical (unpaired) electrons. The number of halogens is 2. The van der Waals surface area contributed by atoms with Crippen molar-refractivity contribution in [1.29, 1.82) is 0 Å². The van der Waals surface area contributed by atoms with E-state index in [9.17, 15) is 0 Å². The van der Waals surface area contributed by atoms with Crippen LogP contribution in [0, 0.1) is 5.92 Å². The van der Waals surface area contributed by atoms with Crippen LogP contribution in [0.25, 0.3) is 11.5 Å². The van der Waals surface area contributed by atoms with Crippen molar-refractivity contribution in [1.82, 2.24) is 10.1 Å². The molecule has 1 aliphatic carbocycles. The fourth-order valence-corrected chi connectivity index (χ4v) is 3.26. The van der Waals surface area contributed by atoms with E-state index < -0.39 is 5.54 Å². The van der Waals surface area contributed by atoms with E-state index in [0.29, 0.717) is 22.7 Å². The summed E-state index contributed by atoms with van der Waals surface area (Å²) in [7, 11) is 0. The summed E-state index contributed by atoms with van der Waals surface area (Å²) < 4.78 is 6.30. The summed E-state index contributed by atoms with van der Waals surface area (Å²) in [5, 5.41) is 4.68. The molecule has 2 aromatic rings. The van der Waals surface area contributed by atoms with Crippen LogP contribution >= 0.6 is 27.5 Å². The van der Waals surface area contributed by atoms with Crippen LogP contribution < -0.4 is 5.73 Å². The smallest absolute Gasteiger partial charge is 0.259 e. The van der Waals surface area contributed by atoms with Crippen LogP contribution in [0.3, 0.4) is 0 Å². The van der Waals surface area contributed by atoms with Gasteiger partial charge in [-0.05, 0) is 49.8 Å². The highest BCUT2D eigenvalue weighted by Crippen LogP contribution is 2.37. The van der Waals surface area contributed by atoms with E-state index in [4.69, 9.17) is 21.9 Å². The summed E-state index contributed by atoms with van der Waals surface area (Å²) in [4.78, 5) is 4.49. The summed E-state index contributed by atoms with van der Waals surface area (Å²) in [5.41, 5.74) is 6.72. The maximum Gasteiger partial charge on any atom is 0.259 e. The minimum atomic E-state index is -0.479. The quantitative estimate of drug-likeness (QED) is 0.844. The predicted octanol–water partition coefficient (Wildman–Crippen LogP) is 4.52. The molecule has 1 fully saturated rings. The molecule has 1 aromatic carbocycles. The Bertz CT molecular complexity index is 650. The molecular weight excluding hydrogens is 354 g/mol. The lowest BCUT2D eigenvalue weighted by molar-refractivity contribution is 0.230. The first kappa shape index (κ1) is 15.0. The number of hydrogen-bond donors (Lipinski definition) is 1. The van der Waals surface area contributed by atoms with Crippen molar-refractivity contribution >= 4 is 27.5 Å². The van der Waals surface area contributed by atoms with Gasteiger partial charge in [0.25, 0.3) is 5.89 Å². The van der Waals surface area contributed by atoms with Crippen LogP contribution in [0.5, 0.6) is 0 Å². The van der Waals surface area contributed by atoms with Gasteiger partial charge >= 0.3 is 0 Å². The molecule has 0 aliphatic heterocycles. The van der Waals surface area contributed by atoms with E-state index >= 15 is 0 Å². The van der Waals surface area contributed by atoms with Gasteiger partial charge in [0.2, 0.25) is 0 Å². The van der Waals surface area contributed by atoms with E-state index in [0.717, 1.165) is 35.7 Å². The normalized spacial score (nSPS) is 26.0. The third kappa shape index (κ3) is 3.00. The summed E-state index contributed by atoms with van der Waals surface area (Å²) >= 11 is 9.62. The molecule has 2 N–H and O–H groups in total. The lowest BCUT2D eigenvalue weighted by Crippen LogP contribution is -2.41. The Balaban J connectivity index is 1.91. The largest absolute Gasteiger partial charge is 0.334 e. The van der Waals surface area contributed by atoms with Crippen LogP contribution in [0.15, 0.2) is 27.2 Å². The van der Waals surface area contributed by atoms with Crippen molar-refractivity contribution in [3.8, 4) is 11.5 Å². The third-order valence-electron chi connectivity index (χ3n) is 4.20. The monoisotopic (exact) mass is 369 g/mol. The Hall–Kier alpha value is -0.910. The molecule has 1 aliphatic rings. The Morgan fingerprint density at radius 2 is 2.10 bits per heavy atom. The first-order chi connectivity index (χ1) is 9.98. The first-order valence-electron chi connectivity index (χ1n) is 7.06. The Morgan fingerprint density at radius 3 is 2.81 bits per heavy atom.